The Bertz CT molecular complexity index is 1160. The van der Waals surface area contributed by atoms with Crippen LogP contribution in [-0.4, -0.2) is 61.3 Å². The average Bonchev–Trinajstić information content (AvgIpc) is 3.05. The van der Waals surface area contributed by atoms with Crippen LogP contribution in [0.15, 0.2) is 30.9 Å². The maximum absolute atomic E-state index is 12.7. The van der Waals surface area contributed by atoms with Gasteiger partial charge < -0.3 is 14.5 Å². The van der Waals surface area contributed by atoms with E-state index in [9.17, 15) is 4.79 Å². The molecule has 2 atom stereocenters. The summed E-state index contributed by atoms with van der Waals surface area (Å²) in [7, 11) is 0. The largest absolute Gasteiger partial charge is 0.444 e. The number of anilines is 1. The summed E-state index contributed by atoms with van der Waals surface area (Å²) in [6.45, 7) is 11.0. The molecule has 3 aromatic heterocycles. The number of amides is 1. The third kappa shape index (κ3) is 4.50. The topological polar surface area (TPSA) is 76.4 Å². The lowest BCUT2D eigenvalue weighted by molar-refractivity contribution is 0.0130. The van der Waals surface area contributed by atoms with Crippen LogP contribution < -0.4 is 4.90 Å². The highest BCUT2D eigenvalue weighted by atomic mass is 127. The normalized spacial score (nSPS) is 19.5. The maximum atomic E-state index is 12.7. The van der Waals surface area contributed by atoms with Crippen LogP contribution in [0.3, 0.4) is 0 Å². The zero-order chi connectivity index (χ0) is 23.2. The molecule has 1 fully saturated rings. The van der Waals surface area contributed by atoms with E-state index in [-0.39, 0.29) is 18.2 Å². The molecule has 32 heavy (non-hydrogen) atoms. The first-order valence-corrected chi connectivity index (χ1v) is 11.9. The van der Waals surface area contributed by atoms with Gasteiger partial charge in [0.25, 0.3) is 0 Å². The molecular formula is C22H26ClIN6O2. The number of hydrogen-bond donors (Lipinski definition) is 0. The molecule has 0 N–H and O–H groups in total. The van der Waals surface area contributed by atoms with Gasteiger partial charge in [-0.25, -0.2) is 19.7 Å². The molecule has 1 aliphatic rings. The molecule has 10 heteroatoms. The molecule has 170 valence electrons. The van der Waals surface area contributed by atoms with E-state index in [1.165, 1.54) is 0 Å². The smallest absolute Gasteiger partial charge is 0.410 e. The first-order valence-electron chi connectivity index (χ1n) is 10.4. The Morgan fingerprint density at radius 2 is 1.94 bits per heavy atom. The number of carbonyl (C=O) groups excluding carboxylic acids is 1. The zero-order valence-corrected chi connectivity index (χ0v) is 21.6. The van der Waals surface area contributed by atoms with Crippen molar-refractivity contribution >= 4 is 57.1 Å². The predicted molar refractivity (Wildman–Crippen MR) is 134 cm³/mol. The minimum Gasteiger partial charge on any atom is -0.444 e. The lowest BCUT2D eigenvalue weighted by Gasteiger charge is -2.44. The fraction of sp³-hybridized carbons (Fsp3) is 0.455. The molecule has 8 nitrogen and oxygen atoms in total. The predicted octanol–water partition coefficient (Wildman–Crippen LogP) is 4.91. The molecule has 0 aromatic carbocycles. The van der Waals surface area contributed by atoms with Gasteiger partial charge in [-0.05, 0) is 63.3 Å². The molecule has 0 spiro atoms. The molecule has 4 rings (SSSR count). The first-order chi connectivity index (χ1) is 15.0. The van der Waals surface area contributed by atoms with Crippen molar-refractivity contribution in [3.05, 3.63) is 39.4 Å². The van der Waals surface area contributed by atoms with E-state index in [1.54, 1.807) is 23.5 Å². The molecule has 3 aromatic rings. The lowest BCUT2D eigenvalue weighted by atomic mass is 10.1. The average molecular weight is 569 g/mol. The van der Waals surface area contributed by atoms with Gasteiger partial charge >= 0.3 is 6.09 Å². The standard InChI is InChI=1S/C22H26ClIN6O2/c1-13-10-29(21(31)32-22(3,4)5)14(2)9-28(13)19-18-16(24)11-30(20(18)27-12-26-19)17-8-15(23)6-7-25-17/h6-8,11-14H,9-10H2,1-5H3/t13?,14-/m0/s1. The second-order valence-electron chi connectivity index (χ2n) is 9.06. The number of piperazine rings is 1. The number of pyridine rings is 1. The molecule has 1 aliphatic heterocycles. The lowest BCUT2D eigenvalue weighted by Crippen LogP contribution is -2.59. The number of ether oxygens (including phenoxy) is 1. The summed E-state index contributed by atoms with van der Waals surface area (Å²) >= 11 is 8.49. The summed E-state index contributed by atoms with van der Waals surface area (Å²) in [5.74, 6) is 1.55. The third-order valence-corrected chi connectivity index (χ3v) is 6.41. The molecule has 1 amide bonds. The van der Waals surface area contributed by atoms with Gasteiger partial charge in [0, 0.05) is 52.2 Å². The van der Waals surface area contributed by atoms with Crippen LogP contribution in [0.2, 0.25) is 5.02 Å². The van der Waals surface area contributed by atoms with E-state index in [1.807, 2.05) is 44.5 Å². The fourth-order valence-corrected chi connectivity index (χ4v) is 4.83. The van der Waals surface area contributed by atoms with Gasteiger partial charge in [0.1, 0.15) is 23.6 Å². The van der Waals surface area contributed by atoms with Crippen LogP contribution in [0.1, 0.15) is 34.6 Å². The van der Waals surface area contributed by atoms with Crippen LogP contribution in [0.25, 0.3) is 16.9 Å². The molecule has 1 saturated heterocycles. The van der Waals surface area contributed by atoms with Gasteiger partial charge in [-0.1, -0.05) is 11.6 Å². The molecule has 1 unspecified atom stereocenters. The Morgan fingerprint density at radius 1 is 1.19 bits per heavy atom. The number of rotatable bonds is 2. The monoisotopic (exact) mass is 568 g/mol. The van der Waals surface area contributed by atoms with Crippen molar-refractivity contribution in [3.8, 4) is 5.82 Å². The van der Waals surface area contributed by atoms with E-state index < -0.39 is 5.60 Å². The van der Waals surface area contributed by atoms with Crippen molar-refractivity contribution in [1.29, 1.82) is 0 Å². The van der Waals surface area contributed by atoms with Gasteiger partial charge in [0.05, 0.1) is 5.39 Å². The Morgan fingerprint density at radius 3 is 2.62 bits per heavy atom. The molecule has 0 radical (unpaired) electrons. The van der Waals surface area contributed by atoms with Gasteiger partial charge in [-0.15, -0.1) is 0 Å². The van der Waals surface area contributed by atoms with Crippen molar-refractivity contribution in [2.75, 3.05) is 18.0 Å². The van der Waals surface area contributed by atoms with E-state index in [4.69, 9.17) is 16.3 Å². The molecule has 0 aliphatic carbocycles. The van der Waals surface area contributed by atoms with Gasteiger partial charge in [-0.3, -0.25) is 4.57 Å². The summed E-state index contributed by atoms with van der Waals surface area (Å²) in [4.78, 5) is 30.4. The number of nitrogens with zero attached hydrogens (tertiary/aromatic N) is 6. The Hall–Kier alpha value is -2.14. The van der Waals surface area contributed by atoms with E-state index in [0.29, 0.717) is 23.9 Å². The highest BCUT2D eigenvalue weighted by Gasteiger charge is 2.36. The van der Waals surface area contributed by atoms with Crippen molar-refractivity contribution in [2.24, 2.45) is 0 Å². The number of halogens is 2. The zero-order valence-electron chi connectivity index (χ0n) is 18.7. The molecule has 4 heterocycles. The quantitative estimate of drug-likeness (QED) is 0.409. The van der Waals surface area contributed by atoms with Gasteiger partial charge in [0.2, 0.25) is 0 Å². The van der Waals surface area contributed by atoms with Crippen molar-refractivity contribution in [3.63, 3.8) is 0 Å². The van der Waals surface area contributed by atoms with Crippen LogP contribution in [0, 0.1) is 3.57 Å². The molecule has 0 bridgehead atoms. The summed E-state index contributed by atoms with van der Waals surface area (Å²) < 4.78 is 8.56. The summed E-state index contributed by atoms with van der Waals surface area (Å²) in [5.41, 5.74) is 0.243. The van der Waals surface area contributed by atoms with Crippen LogP contribution in [-0.2, 0) is 4.74 Å². The number of carbonyl (C=O) groups is 1. The SMILES string of the molecule is CC1CN(C(=O)OC(C)(C)C)[C@@H](C)CN1c1ncnc2c1c(I)cn2-c1cc(Cl)ccn1. The molecular weight excluding hydrogens is 543 g/mol. The van der Waals surface area contributed by atoms with Crippen LogP contribution in [0.5, 0.6) is 0 Å². The Kier molecular flexibility index (Phi) is 6.23. The summed E-state index contributed by atoms with van der Waals surface area (Å²) in [6.07, 6.45) is 4.97. The first kappa shape index (κ1) is 23.0. The van der Waals surface area contributed by atoms with Crippen LogP contribution >= 0.6 is 34.2 Å². The second kappa shape index (κ2) is 8.66. The minimum absolute atomic E-state index is 0.0274. The van der Waals surface area contributed by atoms with Crippen molar-refractivity contribution in [2.45, 2.75) is 52.3 Å². The second-order valence-corrected chi connectivity index (χ2v) is 10.7. The van der Waals surface area contributed by atoms with Crippen molar-refractivity contribution in [1.82, 2.24) is 24.4 Å². The number of fused-ring (bicyclic) bond motifs is 1. The van der Waals surface area contributed by atoms with Gasteiger partial charge in [-0.2, -0.15) is 0 Å². The summed E-state index contributed by atoms with van der Waals surface area (Å²) in [6, 6.07) is 3.58. The number of hydrogen-bond acceptors (Lipinski definition) is 6. The van der Waals surface area contributed by atoms with E-state index in [0.717, 1.165) is 20.4 Å². The highest BCUT2D eigenvalue weighted by molar-refractivity contribution is 14.1. The highest BCUT2D eigenvalue weighted by Crippen LogP contribution is 2.34. The maximum Gasteiger partial charge on any atom is 0.410 e. The Balaban J connectivity index is 1.68. The Labute approximate surface area is 206 Å². The van der Waals surface area contributed by atoms with E-state index in [2.05, 4.69) is 49.4 Å². The number of aromatic nitrogens is 4. The van der Waals surface area contributed by atoms with E-state index >= 15 is 0 Å². The van der Waals surface area contributed by atoms with Crippen LogP contribution in [0.4, 0.5) is 10.6 Å². The molecule has 0 saturated carbocycles. The third-order valence-electron chi connectivity index (χ3n) is 5.36. The minimum atomic E-state index is -0.524. The fourth-order valence-electron chi connectivity index (χ4n) is 3.92. The van der Waals surface area contributed by atoms with Gasteiger partial charge in [0.15, 0.2) is 5.65 Å². The summed E-state index contributed by atoms with van der Waals surface area (Å²) in [5, 5.41) is 1.57. The van der Waals surface area contributed by atoms with Crippen molar-refractivity contribution < 1.29 is 9.53 Å².